The number of amides is 4. The maximum atomic E-state index is 12.2. The Kier molecular flexibility index (Phi) is 4.35. The van der Waals surface area contributed by atoms with Crippen molar-refractivity contribution in [3.05, 3.63) is 35.4 Å². The largest absolute Gasteiger partial charge is 0.378 e. The Morgan fingerprint density at radius 2 is 1.46 bits per heavy atom. The smallest absolute Gasteiger partial charge is 0.333 e. The van der Waals surface area contributed by atoms with Gasteiger partial charge in [-0.1, -0.05) is 12.1 Å². The number of nitrogens with zero attached hydrogens (tertiary/aromatic N) is 3. The third-order valence-corrected chi connectivity index (χ3v) is 4.22. The van der Waals surface area contributed by atoms with Crippen LogP contribution in [0.3, 0.4) is 0 Å². The minimum Gasteiger partial charge on any atom is -0.378 e. The number of likely N-dealkylation sites (N-methyl/N-ethyl adjacent to an activating group) is 2. The fourth-order valence-corrected chi connectivity index (χ4v) is 2.74. The van der Waals surface area contributed by atoms with Gasteiger partial charge in [0.25, 0.3) is 11.8 Å². The molecule has 0 radical (unpaired) electrons. The maximum Gasteiger partial charge on any atom is 0.333 e. The first-order valence-corrected chi connectivity index (χ1v) is 7.73. The highest BCUT2D eigenvalue weighted by molar-refractivity contribution is 6.30. The molecule has 7 heteroatoms. The van der Waals surface area contributed by atoms with Gasteiger partial charge in [-0.2, -0.15) is 0 Å². The van der Waals surface area contributed by atoms with Gasteiger partial charge in [0, 0.05) is 32.9 Å². The first kappa shape index (κ1) is 16.2. The second-order valence-electron chi connectivity index (χ2n) is 5.76. The van der Waals surface area contributed by atoms with Gasteiger partial charge in [0.2, 0.25) is 0 Å². The SMILES string of the molecule is CN1C(=O)C(=Cc2ccc(N3CCOCC3)cc2)C(=O)N(C)C1=O. The minimum absolute atomic E-state index is 0.0151. The summed E-state index contributed by atoms with van der Waals surface area (Å²) in [7, 11) is 2.73. The van der Waals surface area contributed by atoms with E-state index in [1.165, 1.54) is 20.2 Å². The number of imide groups is 2. The lowest BCUT2D eigenvalue weighted by Crippen LogP contribution is -2.52. The molecule has 0 saturated carbocycles. The quantitative estimate of drug-likeness (QED) is 0.597. The number of urea groups is 1. The second-order valence-corrected chi connectivity index (χ2v) is 5.76. The summed E-state index contributed by atoms with van der Waals surface area (Å²) < 4.78 is 5.33. The van der Waals surface area contributed by atoms with Crippen molar-refractivity contribution in [3.8, 4) is 0 Å². The number of barbiturate groups is 1. The highest BCUT2D eigenvalue weighted by Crippen LogP contribution is 2.21. The van der Waals surface area contributed by atoms with Crippen LogP contribution in [-0.4, -0.2) is 68.0 Å². The molecule has 0 atom stereocenters. The average Bonchev–Trinajstić information content (AvgIpc) is 2.63. The summed E-state index contributed by atoms with van der Waals surface area (Å²) >= 11 is 0. The van der Waals surface area contributed by atoms with Crippen molar-refractivity contribution in [2.75, 3.05) is 45.3 Å². The van der Waals surface area contributed by atoms with Gasteiger partial charge in [-0.05, 0) is 23.8 Å². The topological polar surface area (TPSA) is 70.2 Å². The van der Waals surface area contributed by atoms with E-state index in [0.717, 1.165) is 34.1 Å². The zero-order chi connectivity index (χ0) is 17.3. The highest BCUT2D eigenvalue weighted by Gasteiger charge is 2.37. The van der Waals surface area contributed by atoms with Crippen LogP contribution < -0.4 is 4.90 Å². The summed E-state index contributed by atoms with van der Waals surface area (Å²) in [6.07, 6.45) is 1.52. The number of hydrogen-bond acceptors (Lipinski definition) is 5. The van der Waals surface area contributed by atoms with E-state index < -0.39 is 17.8 Å². The van der Waals surface area contributed by atoms with Gasteiger partial charge in [-0.3, -0.25) is 19.4 Å². The van der Waals surface area contributed by atoms with Crippen LogP contribution in [0.25, 0.3) is 6.08 Å². The van der Waals surface area contributed by atoms with Crippen molar-refractivity contribution in [1.29, 1.82) is 0 Å². The molecular weight excluding hydrogens is 310 g/mol. The van der Waals surface area contributed by atoms with Gasteiger partial charge in [0.15, 0.2) is 0 Å². The predicted molar refractivity (Wildman–Crippen MR) is 88.4 cm³/mol. The van der Waals surface area contributed by atoms with Crippen molar-refractivity contribution < 1.29 is 19.1 Å². The standard InChI is InChI=1S/C17H19N3O4/c1-18-15(21)14(16(22)19(2)17(18)23)11-12-3-5-13(6-4-12)20-7-9-24-10-8-20/h3-6,11H,7-10H2,1-2H3. The third-order valence-electron chi connectivity index (χ3n) is 4.22. The molecule has 2 fully saturated rings. The average molecular weight is 329 g/mol. The van der Waals surface area contributed by atoms with Crippen LogP contribution in [0, 0.1) is 0 Å². The van der Waals surface area contributed by atoms with Crippen LogP contribution in [0.15, 0.2) is 29.8 Å². The molecule has 2 saturated heterocycles. The molecule has 3 rings (SSSR count). The van der Waals surface area contributed by atoms with E-state index in [9.17, 15) is 14.4 Å². The molecule has 126 valence electrons. The van der Waals surface area contributed by atoms with E-state index in [1.807, 2.05) is 24.3 Å². The van der Waals surface area contributed by atoms with Crippen LogP contribution in [0.2, 0.25) is 0 Å². The Bertz CT molecular complexity index is 679. The maximum absolute atomic E-state index is 12.2. The van der Waals surface area contributed by atoms with Crippen molar-refractivity contribution in [1.82, 2.24) is 9.80 Å². The van der Waals surface area contributed by atoms with E-state index in [2.05, 4.69) is 4.90 Å². The Labute approximate surface area is 140 Å². The Morgan fingerprint density at radius 3 is 2.00 bits per heavy atom. The first-order valence-electron chi connectivity index (χ1n) is 7.73. The number of benzene rings is 1. The van der Waals surface area contributed by atoms with Crippen molar-refractivity contribution in [3.63, 3.8) is 0 Å². The Hall–Kier alpha value is -2.67. The normalized spacial score (nSPS) is 19.2. The molecule has 1 aromatic rings. The number of ether oxygens (including phenoxy) is 1. The van der Waals surface area contributed by atoms with Crippen LogP contribution in [0.1, 0.15) is 5.56 Å². The molecule has 0 unspecified atom stereocenters. The molecule has 0 spiro atoms. The Morgan fingerprint density at radius 1 is 0.917 bits per heavy atom. The monoisotopic (exact) mass is 329 g/mol. The number of anilines is 1. The molecule has 2 aliphatic rings. The molecule has 0 N–H and O–H groups in total. The fourth-order valence-electron chi connectivity index (χ4n) is 2.74. The molecule has 0 bridgehead atoms. The van der Waals surface area contributed by atoms with Crippen LogP contribution in [0.5, 0.6) is 0 Å². The van der Waals surface area contributed by atoms with Crippen LogP contribution >= 0.6 is 0 Å². The molecule has 7 nitrogen and oxygen atoms in total. The van der Waals surface area contributed by atoms with Crippen molar-refractivity contribution in [2.45, 2.75) is 0 Å². The lowest BCUT2D eigenvalue weighted by atomic mass is 10.1. The molecule has 2 aliphatic heterocycles. The molecule has 1 aromatic carbocycles. The number of carbonyl (C=O) groups excluding carboxylic acids is 3. The van der Waals surface area contributed by atoms with E-state index in [-0.39, 0.29) is 5.57 Å². The van der Waals surface area contributed by atoms with Crippen LogP contribution in [0.4, 0.5) is 10.5 Å². The van der Waals surface area contributed by atoms with Crippen molar-refractivity contribution in [2.24, 2.45) is 0 Å². The summed E-state index contributed by atoms with van der Waals surface area (Å²) in [5.74, 6) is -1.17. The second kappa shape index (κ2) is 6.45. The van der Waals surface area contributed by atoms with Gasteiger partial charge >= 0.3 is 6.03 Å². The molecular formula is C17H19N3O4. The van der Waals surface area contributed by atoms with E-state index in [1.54, 1.807) is 0 Å². The molecule has 24 heavy (non-hydrogen) atoms. The number of rotatable bonds is 2. The first-order chi connectivity index (χ1) is 11.5. The molecule has 0 aliphatic carbocycles. The fraction of sp³-hybridized carbons (Fsp3) is 0.353. The number of hydrogen-bond donors (Lipinski definition) is 0. The van der Waals surface area contributed by atoms with Gasteiger partial charge < -0.3 is 9.64 Å². The van der Waals surface area contributed by atoms with Gasteiger partial charge in [0.1, 0.15) is 5.57 Å². The van der Waals surface area contributed by atoms with Crippen LogP contribution in [-0.2, 0) is 14.3 Å². The van der Waals surface area contributed by atoms with Gasteiger partial charge in [-0.15, -0.1) is 0 Å². The summed E-state index contributed by atoms with van der Waals surface area (Å²) in [6, 6.07) is 7.00. The summed E-state index contributed by atoms with van der Waals surface area (Å²) in [5, 5.41) is 0. The third kappa shape index (κ3) is 2.90. The summed E-state index contributed by atoms with van der Waals surface area (Å²) in [6.45, 7) is 3.10. The summed E-state index contributed by atoms with van der Waals surface area (Å²) in [4.78, 5) is 40.2. The van der Waals surface area contributed by atoms with Crippen molar-refractivity contribution >= 4 is 29.6 Å². The lowest BCUT2D eigenvalue weighted by molar-refractivity contribution is -0.134. The summed E-state index contributed by atoms with van der Waals surface area (Å²) in [5.41, 5.74) is 1.80. The van der Waals surface area contributed by atoms with E-state index in [4.69, 9.17) is 4.74 Å². The molecule has 2 heterocycles. The zero-order valence-corrected chi connectivity index (χ0v) is 13.7. The van der Waals surface area contributed by atoms with Gasteiger partial charge in [0.05, 0.1) is 13.2 Å². The zero-order valence-electron chi connectivity index (χ0n) is 13.7. The predicted octanol–water partition coefficient (Wildman–Crippen LogP) is 0.957. The van der Waals surface area contributed by atoms with Gasteiger partial charge in [-0.25, -0.2) is 4.79 Å². The lowest BCUT2D eigenvalue weighted by Gasteiger charge is -2.29. The van der Waals surface area contributed by atoms with E-state index >= 15 is 0 Å². The highest BCUT2D eigenvalue weighted by atomic mass is 16.5. The molecule has 0 aromatic heterocycles. The molecule has 4 amide bonds. The minimum atomic E-state index is -0.621. The van der Waals surface area contributed by atoms with E-state index in [0.29, 0.717) is 13.2 Å². The number of morpholine rings is 1. The number of carbonyl (C=O) groups is 3. The Balaban J connectivity index is 1.83.